The Morgan fingerprint density at radius 1 is 1.33 bits per heavy atom. The predicted octanol–water partition coefficient (Wildman–Crippen LogP) is -0.723. The molecule has 0 saturated heterocycles. The normalized spacial score (nSPS) is 12.9. The van der Waals surface area contributed by atoms with E-state index >= 15 is 0 Å². The lowest BCUT2D eigenvalue weighted by Gasteiger charge is -1.71. The number of rotatable bonds is 0. The van der Waals surface area contributed by atoms with Crippen LogP contribution in [-0.4, -0.2) is 0 Å². The van der Waals surface area contributed by atoms with Crippen LogP contribution in [0.5, 0.6) is 0 Å². The third-order valence-corrected chi connectivity index (χ3v) is 1.21. The average Bonchev–Trinajstić information content (AvgIpc) is 2.33. The van der Waals surface area contributed by atoms with Crippen molar-refractivity contribution in [3.63, 3.8) is 0 Å². The van der Waals surface area contributed by atoms with E-state index in [1.165, 1.54) is 0 Å². The van der Waals surface area contributed by atoms with Gasteiger partial charge in [-0.25, -0.2) is 0 Å². The van der Waals surface area contributed by atoms with Gasteiger partial charge in [0.1, 0.15) is 11.4 Å². The molecular weight excluding hydrogens is 114 g/mol. The summed E-state index contributed by atoms with van der Waals surface area (Å²) in [4.78, 5) is 0. The van der Waals surface area contributed by atoms with Gasteiger partial charge in [0.2, 0.25) is 11.5 Å². The van der Waals surface area contributed by atoms with Gasteiger partial charge in [0, 0.05) is 0 Å². The second-order valence-corrected chi connectivity index (χ2v) is 1.80. The van der Waals surface area contributed by atoms with E-state index in [4.69, 9.17) is 0 Å². The Labute approximate surface area is 51.9 Å². The van der Waals surface area contributed by atoms with Gasteiger partial charge in [0.25, 0.3) is 0 Å². The van der Waals surface area contributed by atoms with Gasteiger partial charge in [0.15, 0.2) is 0 Å². The number of hydrogen-bond acceptors (Lipinski definition) is 1. The summed E-state index contributed by atoms with van der Waals surface area (Å²) >= 11 is 0. The van der Waals surface area contributed by atoms with Crippen LogP contribution in [0, 0.1) is 0 Å². The molecule has 0 bridgehead atoms. The summed E-state index contributed by atoms with van der Waals surface area (Å²) in [6, 6.07) is 5.83. The summed E-state index contributed by atoms with van der Waals surface area (Å²) in [7, 11) is 0. The first-order chi connectivity index (χ1) is 4.47. The van der Waals surface area contributed by atoms with Gasteiger partial charge in [-0.3, -0.25) is 0 Å². The minimum atomic E-state index is 1.03. The highest BCUT2D eigenvalue weighted by molar-refractivity contribution is 5.12. The molecule has 1 radical (unpaired) electrons. The Kier molecular flexibility index (Phi) is 0.773. The van der Waals surface area contributed by atoms with E-state index in [-0.39, 0.29) is 0 Å². The molecule has 3 nitrogen and oxygen atoms in total. The summed E-state index contributed by atoms with van der Waals surface area (Å²) in [5.74, 6) is 0. The summed E-state index contributed by atoms with van der Waals surface area (Å²) in [6.07, 6.45) is 3.59. The maximum atomic E-state index is 3.79. The van der Waals surface area contributed by atoms with Crippen LogP contribution < -0.4 is 15.1 Å². The molecule has 0 saturated carbocycles. The van der Waals surface area contributed by atoms with Crippen molar-refractivity contribution in [1.29, 1.82) is 0 Å². The third-order valence-electron chi connectivity index (χ3n) is 1.21. The first-order valence-electron chi connectivity index (χ1n) is 2.72. The summed E-state index contributed by atoms with van der Waals surface area (Å²) < 4.78 is 1.72. The highest BCUT2D eigenvalue weighted by atomic mass is 15.5. The van der Waals surface area contributed by atoms with Crippen molar-refractivity contribution in [1.82, 2.24) is 5.43 Å². The molecule has 0 aromatic carbocycles. The van der Waals surface area contributed by atoms with Crippen molar-refractivity contribution in [2.75, 3.05) is 0 Å². The van der Waals surface area contributed by atoms with E-state index in [0.717, 1.165) is 5.35 Å². The Bertz CT molecular complexity index is 295. The summed E-state index contributed by atoms with van der Waals surface area (Å²) in [5.41, 5.74) is 3.71. The van der Waals surface area contributed by atoms with Gasteiger partial charge in [0.05, 0.1) is 5.43 Å². The van der Waals surface area contributed by atoms with Crippen LogP contribution in [0.2, 0.25) is 0 Å². The molecule has 1 aromatic heterocycles. The van der Waals surface area contributed by atoms with Crippen LogP contribution in [0.25, 0.3) is 6.20 Å². The standard InChI is InChI=1S/C6H5N3/c1-2-4-9-6(3-1)5-7-8-9/h1-5H/q+1. The van der Waals surface area contributed by atoms with Crippen LogP contribution in [-0.2, 0) is 0 Å². The van der Waals surface area contributed by atoms with Crippen molar-refractivity contribution in [3.8, 4) is 0 Å². The lowest BCUT2D eigenvalue weighted by molar-refractivity contribution is -0.560. The molecule has 1 aromatic rings. The summed E-state index contributed by atoms with van der Waals surface area (Å²) in [6.45, 7) is 0. The highest BCUT2D eigenvalue weighted by Crippen LogP contribution is 1.72. The molecule has 0 N–H and O–H groups in total. The van der Waals surface area contributed by atoms with E-state index < -0.39 is 0 Å². The van der Waals surface area contributed by atoms with Crippen LogP contribution in [0.1, 0.15) is 0 Å². The van der Waals surface area contributed by atoms with E-state index in [0.29, 0.717) is 0 Å². The quantitative estimate of drug-likeness (QED) is 0.404. The smallest absolute Gasteiger partial charge is 0.0983 e. The van der Waals surface area contributed by atoms with Gasteiger partial charge < -0.3 is 0 Å². The first kappa shape index (κ1) is 4.49. The lowest BCUT2D eigenvalue weighted by atomic mass is 10.5. The monoisotopic (exact) mass is 119 g/mol. The lowest BCUT2D eigenvalue weighted by Crippen LogP contribution is -2.32. The number of pyridine rings is 1. The van der Waals surface area contributed by atoms with Gasteiger partial charge in [-0.1, -0.05) is 10.4 Å². The fourth-order valence-corrected chi connectivity index (χ4v) is 0.772. The molecule has 2 rings (SSSR count). The molecule has 3 heteroatoms. The van der Waals surface area contributed by atoms with E-state index in [1.807, 2.05) is 24.4 Å². The fraction of sp³-hybridized carbons (Fsp3) is 0. The van der Waals surface area contributed by atoms with Crippen molar-refractivity contribution >= 4 is 6.20 Å². The Balaban J connectivity index is 2.97. The minimum absolute atomic E-state index is 1.03. The largest absolute Gasteiger partial charge is 0.216 e. The predicted molar refractivity (Wildman–Crippen MR) is 30.7 cm³/mol. The van der Waals surface area contributed by atoms with Crippen LogP contribution in [0.15, 0.2) is 29.6 Å². The zero-order chi connectivity index (χ0) is 6.10. The Morgan fingerprint density at radius 3 is 3.22 bits per heavy atom. The third kappa shape index (κ3) is 0.579. The van der Waals surface area contributed by atoms with E-state index in [2.05, 4.69) is 10.6 Å². The van der Waals surface area contributed by atoms with Crippen molar-refractivity contribution < 1.29 is 4.36 Å². The molecule has 1 aliphatic heterocycles. The molecule has 0 unspecified atom stereocenters. The first-order valence-corrected chi connectivity index (χ1v) is 2.72. The molecule has 0 aliphatic carbocycles. The number of nitrogens with zero attached hydrogens (tertiary/aromatic N) is 3. The zero-order valence-corrected chi connectivity index (χ0v) is 4.73. The molecule has 0 atom stereocenters. The zero-order valence-electron chi connectivity index (χ0n) is 4.73. The van der Waals surface area contributed by atoms with Crippen molar-refractivity contribution in [2.24, 2.45) is 5.22 Å². The minimum Gasteiger partial charge on any atom is -0.0983 e. The second-order valence-electron chi connectivity index (χ2n) is 1.80. The molecular formula is C6H5N3+. The number of aromatic nitrogens is 1. The Morgan fingerprint density at radius 2 is 2.33 bits per heavy atom. The van der Waals surface area contributed by atoms with Gasteiger partial charge in [-0.15, -0.1) is 0 Å². The van der Waals surface area contributed by atoms with E-state index in [1.54, 1.807) is 10.6 Å². The molecule has 43 valence electrons. The molecule has 0 amide bonds. The molecule has 0 spiro atoms. The molecule has 1 aliphatic rings. The van der Waals surface area contributed by atoms with Crippen LogP contribution in [0.3, 0.4) is 0 Å². The second kappa shape index (κ2) is 1.55. The van der Waals surface area contributed by atoms with Gasteiger partial charge in [-0.2, -0.15) is 0 Å². The van der Waals surface area contributed by atoms with Gasteiger partial charge in [-0.05, 0) is 12.1 Å². The number of hydrogen-bond donors (Lipinski definition) is 0. The Hall–Kier alpha value is -1.38. The molecule has 0 fully saturated rings. The molecule has 2 heterocycles. The fourth-order valence-electron chi connectivity index (χ4n) is 0.772. The summed E-state index contributed by atoms with van der Waals surface area (Å²) in [5, 5.41) is 4.81. The maximum absolute atomic E-state index is 3.79. The van der Waals surface area contributed by atoms with E-state index in [9.17, 15) is 0 Å². The van der Waals surface area contributed by atoms with Crippen LogP contribution in [0.4, 0.5) is 0 Å². The van der Waals surface area contributed by atoms with Crippen LogP contribution >= 0.6 is 0 Å². The average molecular weight is 119 g/mol. The van der Waals surface area contributed by atoms with Crippen molar-refractivity contribution in [3.05, 3.63) is 29.7 Å². The maximum Gasteiger partial charge on any atom is 0.216 e. The van der Waals surface area contributed by atoms with Crippen molar-refractivity contribution in [2.45, 2.75) is 0 Å². The molecule has 9 heavy (non-hydrogen) atoms. The topological polar surface area (TPSA) is 32.4 Å². The van der Waals surface area contributed by atoms with Gasteiger partial charge >= 0.3 is 0 Å². The highest BCUT2D eigenvalue weighted by Gasteiger charge is 2.00. The SMILES string of the molecule is C1=c2cccc[n+]2=N[N]1. The number of fused-ring (bicyclic) bond motifs is 1.